The molecule has 0 spiro atoms. The van der Waals surface area contributed by atoms with Crippen molar-refractivity contribution >= 4 is 23.2 Å². The number of hydrogen-bond donors (Lipinski definition) is 2. The second-order valence-electron chi connectivity index (χ2n) is 8.08. The summed E-state index contributed by atoms with van der Waals surface area (Å²) < 4.78 is 8.50. The third kappa shape index (κ3) is 3.90. The van der Waals surface area contributed by atoms with Crippen molar-refractivity contribution in [2.24, 2.45) is 7.05 Å². The molecule has 1 fully saturated rings. The molecule has 1 amide bonds. The molecule has 1 aliphatic heterocycles. The fourth-order valence-corrected chi connectivity index (χ4v) is 3.51. The number of piperidine rings is 1. The minimum Gasteiger partial charge on any atom is -0.444 e. The minimum atomic E-state index is -0.555. The predicted molar refractivity (Wildman–Crippen MR) is 106 cm³/mol. The van der Waals surface area contributed by atoms with Crippen LogP contribution in [0.1, 0.15) is 40.5 Å². The van der Waals surface area contributed by atoms with Gasteiger partial charge in [-0.15, -0.1) is 0 Å². The van der Waals surface area contributed by atoms with Gasteiger partial charge in [0, 0.05) is 32.7 Å². The van der Waals surface area contributed by atoms with E-state index >= 15 is 0 Å². The van der Waals surface area contributed by atoms with Crippen LogP contribution in [-0.2, 0) is 18.3 Å². The van der Waals surface area contributed by atoms with Crippen LogP contribution in [0.4, 0.5) is 10.7 Å². The Balaban J connectivity index is 1.89. The Labute approximate surface area is 162 Å². The number of carbonyl (C=O) groups is 1. The molecule has 28 heavy (non-hydrogen) atoms. The molecule has 2 aromatic rings. The zero-order valence-electron chi connectivity index (χ0n) is 17.0. The quantitative estimate of drug-likeness (QED) is 0.803. The molecule has 2 aromatic heterocycles. The Morgan fingerprint density at radius 2 is 2.07 bits per heavy atom. The Morgan fingerprint density at radius 1 is 1.36 bits per heavy atom. The van der Waals surface area contributed by atoms with Gasteiger partial charge in [-0.05, 0) is 40.5 Å². The molecule has 1 saturated heterocycles. The van der Waals surface area contributed by atoms with Crippen LogP contribution in [0.25, 0.3) is 11.2 Å². The maximum absolute atomic E-state index is 12.3. The van der Waals surface area contributed by atoms with Gasteiger partial charge in [0.05, 0.1) is 0 Å². The van der Waals surface area contributed by atoms with E-state index in [-0.39, 0.29) is 6.04 Å². The largest absolute Gasteiger partial charge is 0.444 e. The number of alkyl carbamates (subject to hydrolysis) is 1. The van der Waals surface area contributed by atoms with Crippen molar-refractivity contribution in [2.45, 2.75) is 58.7 Å². The number of fused-ring (bicyclic) bond motifs is 1. The molecule has 0 saturated carbocycles. The van der Waals surface area contributed by atoms with Crippen LogP contribution in [0.5, 0.6) is 0 Å². The van der Waals surface area contributed by atoms with E-state index in [1.807, 2.05) is 37.2 Å². The van der Waals surface area contributed by atoms with Gasteiger partial charge in [-0.1, -0.05) is 0 Å². The zero-order valence-corrected chi connectivity index (χ0v) is 17.0. The molecular formula is C18H28N6O4. The van der Waals surface area contributed by atoms with Crippen molar-refractivity contribution in [2.75, 3.05) is 18.0 Å². The second-order valence-corrected chi connectivity index (χ2v) is 8.08. The number of carbonyl (C=O) groups excluding carboxylic acids is 1. The Hall–Kier alpha value is -2.78. The van der Waals surface area contributed by atoms with Gasteiger partial charge in [0.25, 0.3) is 5.56 Å². The summed E-state index contributed by atoms with van der Waals surface area (Å²) in [6, 6.07) is -0.0872. The van der Waals surface area contributed by atoms with E-state index in [4.69, 9.17) is 4.74 Å². The first kappa shape index (κ1) is 20.0. The maximum Gasteiger partial charge on any atom is 0.407 e. The van der Waals surface area contributed by atoms with Crippen molar-refractivity contribution < 1.29 is 9.53 Å². The smallest absolute Gasteiger partial charge is 0.407 e. The molecule has 1 aliphatic rings. The first-order valence-corrected chi connectivity index (χ1v) is 9.54. The van der Waals surface area contributed by atoms with Gasteiger partial charge in [0.2, 0.25) is 5.95 Å². The van der Waals surface area contributed by atoms with Crippen LogP contribution in [0.15, 0.2) is 9.59 Å². The van der Waals surface area contributed by atoms with Crippen LogP contribution in [0.3, 0.4) is 0 Å². The molecule has 154 valence electrons. The van der Waals surface area contributed by atoms with Crippen molar-refractivity contribution in [1.29, 1.82) is 0 Å². The van der Waals surface area contributed by atoms with Crippen LogP contribution < -0.4 is 21.5 Å². The van der Waals surface area contributed by atoms with Gasteiger partial charge in [0.1, 0.15) is 5.60 Å². The summed E-state index contributed by atoms with van der Waals surface area (Å²) in [4.78, 5) is 45.3. The summed E-state index contributed by atoms with van der Waals surface area (Å²) in [5.74, 6) is 0.625. The summed E-state index contributed by atoms with van der Waals surface area (Å²) in [5.41, 5.74) is -0.762. The molecule has 1 atom stereocenters. The number of imidazole rings is 1. The molecule has 0 aliphatic carbocycles. The SMILES string of the molecule is CCn1c(N2CCC[C@@H](NC(=O)OC(C)(C)C)C2)nc2c1c(=O)[nH]c(=O)n2C. The Morgan fingerprint density at radius 3 is 2.71 bits per heavy atom. The lowest BCUT2D eigenvalue weighted by atomic mass is 10.1. The van der Waals surface area contributed by atoms with E-state index in [1.165, 1.54) is 4.57 Å². The predicted octanol–water partition coefficient (Wildman–Crippen LogP) is 0.937. The normalized spacial score (nSPS) is 17.8. The van der Waals surface area contributed by atoms with Crippen molar-refractivity contribution in [1.82, 2.24) is 24.4 Å². The highest BCUT2D eigenvalue weighted by Crippen LogP contribution is 2.23. The fourth-order valence-electron chi connectivity index (χ4n) is 3.51. The van der Waals surface area contributed by atoms with Gasteiger partial charge in [-0.25, -0.2) is 9.59 Å². The number of H-pyrrole nitrogens is 1. The van der Waals surface area contributed by atoms with Gasteiger partial charge < -0.3 is 19.5 Å². The number of ether oxygens (including phenoxy) is 1. The lowest BCUT2D eigenvalue weighted by Crippen LogP contribution is -2.49. The summed E-state index contributed by atoms with van der Waals surface area (Å²) in [5, 5.41) is 2.92. The number of aromatic amines is 1. The number of amides is 1. The maximum atomic E-state index is 12.3. The highest BCUT2D eigenvalue weighted by atomic mass is 16.6. The lowest BCUT2D eigenvalue weighted by molar-refractivity contribution is 0.0500. The van der Waals surface area contributed by atoms with Crippen LogP contribution in [0, 0.1) is 0 Å². The molecule has 0 radical (unpaired) electrons. The van der Waals surface area contributed by atoms with Crippen molar-refractivity contribution in [3.8, 4) is 0 Å². The van der Waals surface area contributed by atoms with E-state index < -0.39 is 22.9 Å². The van der Waals surface area contributed by atoms with Crippen LogP contribution in [0.2, 0.25) is 0 Å². The highest BCUT2D eigenvalue weighted by Gasteiger charge is 2.28. The molecule has 3 rings (SSSR count). The monoisotopic (exact) mass is 392 g/mol. The third-order valence-corrected chi connectivity index (χ3v) is 4.73. The summed E-state index contributed by atoms with van der Waals surface area (Å²) in [7, 11) is 1.58. The number of rotatable bonds is 3. The molecule has 10 nitrogen and oxygen atoms in total. The van der Waals surface area contributed by atoms with Crippen LogP contribution >= 0.6 is 0 Å². The first-order chi connectivity index (χ1) is 13.1. The number of aromatic nitrogens is 4. The van der Waals surface area contributed by atoms with Crippen LogP contribution in [-0.4, -0.2) is 49.9 Å². The van der Waals surface area contributed by atoms with E-state index in [0.717, 1.165) is 19.4 Å². The topological polar surface area (TPSA) is 114 Å². The molecule has 10 heteroatoms. The number of hydrogen-bond acceptors (Lipinski definition) is 6. The standard InChI is InChI=1S/C18H28N6O4/c1-6-24-12-13(22(5)16(26)21-14(12)25)20-15(24)23-9-7-8-11(10-23)19-17(27)28-18(2,3)4/h11H,6-10H2,1-5H3,(H,19,27)(H,21,25,26)/t11-/m1/s1. The first-order valence-electron chi connectivity index (χ1n) is 9.54. The Kier molecular flexibility index (Phi) is 5.22. The van der Waals surface area contributed by atoms with Crippen molar-refractivity contribution in [3.63, 3.8) is 0 Å². The molecule has 2 N–H and O–H groups in total. The summed E-state index contributed by atoms with van der Waals surface area (Å²) >= 11 is 0. The molecule has 0 aromatic carbocycles. The van der Waals surface area contributed by atoms with E-state index in [1.54, 1.807) is 7.05 Å². The summed E-state index contributed by atoms with van der Waals surface area (Å²) in [6.45, 7) is 9.24. The second kappa shape index (κ2) is 7.33. The average Bonchev–Trinajstić information content (AvgIpc) is 2.98. The summed E-state index contributed by atoms with van der Waals surface area (Å²) in [6.07, 6.45) is 1.26. The molecule has 3 heterocycles. The zero-order chi connectivity index (χ0) is 20.6. The number of aryl methyl sites for hydroxylation is 2. The van der Waals surface area contributed by atoms with Crippen molar-refractivity contribution in [3.05, 3.63) is 20.8 Å². The Bertz CT molecular complexity index is 996. The molecule has 0 bridgehead atoms. The molecular weight excluding hydrogens is 364 g/mol. The molecule has 0 unspecified atom stereocenters. The third-order valence-electron chi connectivity index (χ3n) is 4.73. The number of anilines is 1. The van der Waals surface area contributed by atoms with E-state index in [2.05, 4.69) is 15.3 Å². The minimum absolute atomic E-state index is 0.0872. The van der Waals surface area contributed by atoms with Gasteiger partial charge in [-0.3, -0.25) is 14.3 Å². The highest BCUT2D eigenvalue weighted by molar-refractivity contribution is 5.74. The lowest BCUT2D eigenvalue weighted by Gasteiger charge is -2.34. The van der Waals surface area contributed by atoms with Gasteiger partial charge in [-0.2, -0.15) is 4.98 Å². The van der Waals surface area contributed by atoms with E-state index in [0.29, 0.717) is 30.2 Å². The number of nitrogens with zero attached hydrogens (tertiary/aromatic N) is 4. The average molecular weight is 392 g/mol. The fraction of sp³-hybridized carbons (Fsp3) is 0.667. The van der Waals surface area contributed by atoms with E-state index in [9.17, 15) is 14.4 Å². The number of nitrogens with one attached hydrogen (secondary N) is 2. The van der Waals surface area contributed by atoms with Gasteiger partial charge >= 0.3 is 11.8 Å². The van der Waals surface area contributed by atoms with Gasteiger partial charge in [0.15, 0.2) is 11.2 Å².